The summed E-state index contributed by atoms with van der Waals surface area (Å²) in [5.74, 6) is -0.261. The van der Waals surface area contributed by atoms with Crippen LogP contribution in [0.2, 0.25) is 0 Å². The highest BCUT2D eigenvalue weighted by Gasteiger charge is 2.49. The van der Waals surface area contributed by atoms with Crippen molar-refractivity contribution in [2.24, 2.45) is 11.1 Å². The van der Waals surface area contributed by atoms with Gasteiger partial charge in [-0.1, -0.05) is 57.5 Å². The molecule has 1 aliphatic rings. The Morgan fingerprint density at radius 1 is 1.08 bits per heavy atom. The second-order valence-electron chi connectivity index (χ2n) is 6.47. The molecule has 8 heteroatoms. The second kappa shape index (κ2) is 8.87. The smallest absolute Gasteiger partial charge is 0.175 e. The van der Waals surface area contributed by atoms with Gasteiger partial charge in [-0.3, -0.25) is 0 Å². The molecule has 148 valence electrons. The Hall–Kier alpha value is -0.890. The molecule has 0 aromatic rings. The quantitative estimate of drug-likeness (QED) is 0.582. The standard InChI is InChI=1S/C18H28ClNO4S2/c1-5-7-11-25(21,22)14(3)18(13-16(19)9-10-17(18)20)15(4)26(23,24)12-8-6-2/h9-10,13,17H,3-8,11-12,20H2,1-2H3. The van der Waals surface area contributed by atoms with Crippen molar-refractivity contribution in [2.75, 3.05) is 11.5 Å². The van der Waals surface area contributed by atoms with Crippen molar-refractivity contribution in [3.63, 3.8) is 0 Å². The van der Waals surface area contributed by atoms with Crippen molar-refractivity contribution in [2.45, 2.75) is 45.6 Å². The predicted octanol–water partition coefficient (Wildman–Crippen LogP) is 3.45. The molecule has 0 heterocycles. The maximum Gasteiger partial charge on any atom is 0.175 e. The summed E-state index contributed by atoms with van der Waals surface area (Å²) >= 11 is 6.11. The Labute approximate surface area is 162 Å². The monoisotopic (exact) mass is 421 g/mol. The number of halogens is 1. The van der Waals surface area contributed by atoms with Gasteiger partial charge < -0.3 is 5.73 Å². The largest absolute Gasteiger partial charge is 0.323 e. The van der Waals surface area contributed by atoms with E-state index in [-0.39, 0.29) is 26.3 Å². The van der Waals surface area contributed by atoms with Gasteiger partial charge in [-0.15, -0.1) is 0 Å². The van der Waals surface area contributed by atoms with Gasteiger partial charge in [0.15, 0.2) is 19.7 Å². The summed E-state index contributed by atoms with van der Waals surface area (Å²) in [6.45, 7) is 11.2. The number of hydrogen-bond donors (Lipinski definition) is 1. The Morgan fingerprint density at radius 3 is 1.88 bits per heavy atom. The highest BCUT2D eigenvalue weighted by atomic mass is 35.5. The number of nitrogens with two attached hydrogens (primary N) is 1. The van der Waals surface area contributed by atoms with E-state index in [9.17, 15) is 16.8 Å². The van der Waals surface area contributed by atoms with Gasteiger partial charge in [0, 0.05) is 11.1 Å². The molecule has 1 rings (SSSR count). The molecule has 0 saturated heterocycles. The lowest BCUT2D eigenvalue weighted by molar-refractivity contribution is 0.498. The molecule has 5 nitrogen and oxygen atoms in total. The molecule has 1 unspecified atom stereocenters. The minimum atomic E-state index is -3.80. The minimum absolute atomic E-state index is 0.131. The first-order chi connectivity index (χ1) is 12.0. The zero-order valence-corrected chi connectivity index (χ0v) is 17.8. The lowest BCUT2D eigenvalue weighted by atomic mass is 9.77. The van der Waals surface area contributed by atoms with Gasteiger partial charge in [-0.05, 0) is 25.0 Å². The number of hydrogen-bond acceptors (Lipinski definition) is 5. The first-order valence-corrected chi connectivity index (χ1v) is 12.3. The van der Waals surface area contributed by atoms with Gasteiger partial charge in [0.25, 0.3) is 0 Å². The summed E-state index contributed by atoms with van der Waals surface area (Å²) < 4.78 is 51.2. The summed E-state index contributed by atoms with van der Waals surface area (Å²) in [5.41, 5.74) is 4.51. The lowest BCUT2D eigenvalue weighted by Gasteiger charge is -2.39. The third kappa shape index (κ3) is 4.68. The van der Waals surface area contributed by atoms with Crippen LogP contribution < -0.4 is 5.73 Å². The van der Waals surface area contributed by atoms with E-state index in [1.54, 1.807) is 0 Å². The van der Waals surface area contributed by atoms with Crippen molar-refractivity contribution >= 4 is 31.3 Å². The van der Waals surface area contributed by atoms with Gasteiger partial charge in [0.1, 0.15) is 0 Å². The molecule has 0 spiro atoms. The van der Waals surface area contributed by atoms with E-state index in [0.717, 1.165) is 0 Å². The fourth-order valence-corrected chi connectivity index (χ4v) is 6.63. The van der Waals surface area contributed by atoms with Gasteiger partial charge in [-0.2, -0.15) is 0 Å². The maximum atomic E-state index is 12.8. The van der Waals surface area contributed by atoms with Gasteiger partial charge in [-0.25, -0.2) is 16.8 Å². The van der Waals surface area contributed by atoms with Crippen molar-refractivity contribution in [3.8, 4) is 0 Å². The first-order valence-electron chi connectivity index (χ1n) is 8.62. The van der Waals surface area contributed by atoms with Crippen molar-refractivity contribution in [3.05, 3.63) is 46.2 Å². The van der Waals surface area contributed by atoms with Crippen molar-refractivity contribution < 1.29 is 16.8 Å². The van der Waals surface area contributed by atoms with Gasteiger partial charge in [0.05, 0.1) is 26.7 Å². The summed E-state index contributed by atoms with van der Waals surface area (Å²) in [6.07, 6.45) is 6.60. The molecule has 0 aliphatic heterocycles. The molecule has 0 amide bonds. The van der Waals surface area contributed by atoms with Crippen molar-refractivity contribution in [1.29, 1.82) is 0 Å². The van der Waals surface area contributed by atoms with Crippen LogP contribution in [0.15, 0.2) is 46.2 Å². The normalized spacial score (nSPS) is 19.8. The molecule has 0 aromatic heterocycles. The average molecular weight is 422 g/mol. The van der Waals surface area contributed by atoms with E-state index in [1.165, 1.54) is 18.2 Å². The highest BCUT2D eigenvalue weighted by molar-refractivity contribution is 7.96. The molecule has 0 fully saturated rings. The van der Waals surface area contributed by atoms with Crippen LogP contribution in [-0.4, -0.2) is 34.4 Å². The molecular formula is C18H28ClNO4S2. The number of allylic oxidation sites excluding steroid dienone is 2. The van der Waals surface area contributed by atoms with Crippen LogP contribution in [0.1, 0.15) is 39.5 Å². The number of rotatable bonds is 10. The Morgan fingerprint density at radius 2 is 1.50 bits per heavy atom. The predicted molar refractivity (Wildman–Crippen MR) is 109 cm³/mol. The van der Waals surface area contributed by atoms with Gasteiger partial charge >= 0.3 is 0 Å². The third-order valence-corrected chi connectivity index (χ3v) is 8.63. The third-order valence-electron chi connectivity index (χ3n) is 4.56. The topological polar surface area (TPSA) is 94.3 Å². The number of sulfone groups is 2. The van der Waals surface area contributed by atoms with E-state index in [2.05, 4.69) is 13.2 Å². The van der Waals surface area contributed by atoms with Crippen LogP contribution in [0.3, 0.4) is 0 Å². The minimum Gasteiger partial charge on any atom is -0.323 e. The van der Waals surface area contributed by atoms with Crippen LogP contribution in [0, 0.1) is 5.41 Å². The van der Waals surface area contributed by atoms with Crippen LogP contribution in [0.5, 0.6) is 0 Å². The molecule has 0 bridgehead atoms. The molecule has 26 heavy (non-hydrogen) atoms. The highest BCUT2D eigenvalue weighted by Crippen LogP contribution is 2.47. The molecule has 1 aliphatic carbocycles. The summed E-state index contributed by atoms with van der Waals surface area (Å²) in [4.78, 5) is -0.531. The molecule has 0 radical (unpaired) electrons. The fourth-order valence-electron chi connectivity index (χ4n) is 2.83. The molecule has 2 N–H and O–H groups in total. The van der Waals surface area contributed by atoms with Crippen LogP contribution >= 0.6 is 11.6 Å². The van der Waals surface area contributed by atoms with E-state index in [4.69, 9.17) is 17.3 Å². The van der Waals surface area contributed by atoms with E-state index < -0.39 is 31.1 Å². The van der Waals surface area contributed by atoms with Crippen LogP contribution in [0.4, 0.5) is 0 Å². The lowest BCUT2D eigenvalue weighted by Crippen LogP contribution is -2.47. The zero-order chi connectivity index (χ0) is 20.2. The second-order valence-corrected chi connectivity index (χ2v) is 11.2. The fraction of sp³-hybridized carbons (Fsp3) is 0.556. The van der Waals surface area contributed by atoms with Crippen LogP contribution in [0.25, 0.3) is 0 Å². The summed E-state index contributed by atoms with van der Waals surface area (Å²) in [5, 5.41) is 0.199. The van der Waals surface area contributed by atoms with Crippen LogP contribution in [-0.2, 0) is 19.7 Å². The Balaban J connectivity index is 3.55. The molecular weight excluding hydrogens is 394 g/mol. The summed E-state index contributed by atoms with van der Waals surface area (Å²) in [7, 11) is -7.60. The summed E-state index contributed by atoms with van der Waals surface area (Å²) in [6, 6.07) is -0.946. The maximum absolute atomic E-state index is 12.8. The molecule has 1 atom stereocenters. The van der Waals surface area contributed by atoms with E-state index in [0.29, 0.717) is 25.7 Å². The SMILES string of the molecule is C=C(C1(C(=C)S(=O)(=O)CCCC)C=C(Cl)C=CC1N)S(=O)(=O)CCCC. The zero-order valence-electron chi connectivity index (χ0n) is 15.4. The average Bonchev–Trinajstić information content (AvgIpc) is 2.59. The first kappa shape index (κ1) is 23.1. The van der Waals surface area contributed by atoms with E-state index in [1.807, 2.05) is 13.8 Å². The molecule has 0 saturated carbocycles. The van der Waals surface area contributed by atoms with Gasteiger partial charge in [0.2, 0.25) is 0 Å². The van der Waals surface area contributed by atoms with E-state index >= 15 is 0 Å². The number of unbranched alkanes of at least 4 members (excludes halogenated alkanes) is 2. The Kier molecular flexibility index (Phi) is 7.89. The Bertz CT molecular complexity index is 773. The van der Waals surface area contributed by atoms with Crippen molar-refractivity contribution in [1.82, 2.24) is 0 Å². The molecule has 0 aromatic carbocycles.